The Morgan fingerprint density at radius 1 is 1.22 bits per heavy atom. The number of nitrogens with zero attached hydrogens (tertiary/aromatic N) is 3. The van der Waals surface area contributed by atoms with Crippen molar-refractivity contribution in [2.75, 3.05) is 11.9 Å². The Bertz CT molecular complexity index is 967. The van der Waals surface area contributed by atoms with E-state index >= 15 is 0 Å². The third kappa shape index (κ3) is 4.76. The summed E-state index contributed by atoms with van der Waals surface area (Å²) < 4.78 is 1.39. The number of anilines is 1. The molecule has 0 aliphatic heterocycles. The molecule has 3 aromatic rings. The van der Waals surface area contributed by atoms with Gasteiger partial charge >= 0.3 is 5.69 Å². The third-order valence-corrected chi connectivity index (χ3v) is 4.45. The van der Waals surface area contributed by atoms with E-state index in [1.54, 1.807) is 36.4 Å². The van der Waals surface area contributed by atoms with Crippen molar-refractivity contribution in [2.45, 2.75) is 6.54 Å². The third-order valence-electron chi connectivity index (χ3n) is 3.58. The average Bonchev–Trinajstić information content (AvgIpc) is 3.34. The first-order chi connectivity index (χ1) is 13.0. The van der Waals surface area contributed by atoms with Crippen LogP contribution < -0.4 is 10.6 Å². The fourth-order valence-corrected chi connectivity index (χ4v) is 2.91. The van der Waals surface area contributed by atoms with Crippen molar-refractivity contribution in [1.29, 1.82) is 0 Å². The fourth-order valence-electron chi connectivity index (χ4n) is 2.29. The number of nitrogens with one attached hydrogen (secondary N) is 2. The molecule has 2 aromatic heterocycles. The summed E-state index contributed by atoms with van der Waals surface area (Å²) in [6.07, 6.45) is 2.45. The maximum Gasteiger partial charge on any atom is 0.306 e. The van der Waals surface area contributed by atoms with Crippen molar-refractivity contribution >= 4 is 34.5 Å². The van der Waals surface area contributed by atoms with Crippen LogP contribution >= 0.6 is 11.3 Å². The zero-order valence-electron chi connectivity index (χ0n) is 14.0. The topological polar surface area (TPSA) is 119 Å². The van der Waals surface area contributed by atoms with Gasteiger partial charge in [-0.1, -0.05) is 12.1 Å². The molecule has 3 rings (SSSR count). The van der Waals surface area contributed by atoms with E-state index in [-0.39, 0.29) is 24.0 Å². The van der Waals surface area contributed by atoms with Crippen LogP contribution in [0, 0.1) is 10.1 Å². The second-order valence-corrected chi connectivity index (χ2v) is 6.43. The van der Waals surface area contributed by atoms with Crippen LogP contribution in [0.2, 0.25) is 0 Å². The lowest BCUT2D eigenvalue weighted by Gasteiger charge is -2.08. The quantitative estimate of drug-likeness (QED) is 0.478. The highest BCUT2D eigenvalue weighted by Crippen LogP contribution is 2.15. The number of aromatic nitrogens is 2. The van der Waals surface area contributed by atoms with Gasteiger partial charge in [0, 0.05) is 17.8 Å². The maximum absolute atomic E-state index is 12.3. The number of rotatable bonds is 7. The number of carbonyl (C=O) groups excluding carboxylic acids is 2. The highest BCUT2D eigenvalue weighted by molar-refractivity contribution is 7.12. The van der Waals surface area contributed by atoms with E-state index in [4.69, 9.17) is 0 Å². The van der Waals surface area contributed by atoms with Crippen LogP contribution in [0.4, 0.5) is 11.4 Å². The van der Waals surface area contributed by atoms with Crippen LogP contribution in [0.1, 0.15) is 20.0 Å². The van der Waals surface area contributed by atoms with Gasteiger partial charge in [-0.2, -0.15) is 5.10 Å². The molecule has 0 aliphatic rings. The van der Waals surface area contributed by atoms with Gasteiger partial charge in [-0.05, 0) is 29.6 Å². The van der Waals surface area contributed by atoms with E-state index < -0.39 is 4.92 Å². The van der Waals surface area contributed by atoms with Crippen molar-refractivity contribution in [3.63, 3.8) is 0 Å². The van der Waals surface area contributed by atoms with E-state index in [2.05, 4.69) is 15.7 Å². The van der Waals surface area contributed by atoms with Crippen LogP contribution in [0.3, 0.4) is 0 Å². The SMILES string of the molecule is O=C(NCCn1cc([N+](=O)[O-])cn1)c1cccc(NC(=O)c2cccs2)c1. The van der Waals surface area contributed by atoms with Crippen LogP contribution in [-0.4, -0.2) is 33.1 Å². The molecule has 0 radical (unpaired) electrons. The molecule has 0 unspecified atom stereocenters. The van der Waals surface area contributed by atoms with Crippen LogP contribution in [0.15, 0.2) is 54.2 Å². The molecule has 0 bridgehead atoms. The van der Waals surface area contributed by atoms with E-state index in [1.807, 2.05) is 5.38 Å². The van der Waals surface area contributed by atoms with Gasteiger partial charge in [0.25, 0.3) is 11.8 Å². The molecule has 1 aromatic carbocycles. The Labute approximate surface area is 157 Å². The molecule has 0 saturated heterocycles. The molecule has 27 heavy (non-hydrogen) atoms. The van der Waals surface area contributed by atoms with Crippen molar-refractivity contribution in [2.24, 2.45) is 0 Å². The average molecular weight is 385 g/mol. The molecule has 0 aliphatic carbocycles. The molecular formula is C17H15N5O4S. The Balaban J connectivity index is 1.55. The predicted molar refractivity (Wildman–Crippen MR) is 99.9 cm³/mol. The molecule has 138 valence electrons. The number of hydrogen-bond acceptors (Lipinski definition) is 6. The molecule has 0 spiro atoms. The van der Waals surface area contributed by atoms with Gasteiger partial charge in [-0.15, -0.1) is 11.3 Å². The highest BCUT2D eigenvalue weighted by Gasteiger charge is 2.11. The Hall–Kier alpha value is -3.53. The van der Waals surface area contributed by atoms with Gasteiger partial charge < -0.3 is 10.6 Å². The summed E-state index contributed by atoms with van der Waals surface area (Å²) in [6.45, 7) is 0.553. The van der Waals surface area contributed by atoms with Gasteiger partial charge in [0.1, 0.15) is 12.4 Å². The van der Waals surface area contributed by atoms with Crippen LogP contribution in [-0.2, 0) is 6.54 Å². The van der Waals surface area contributed by atoms with Crippen LogP contribution in [0.25, 0.3) is 0 Å². The standard InChI is InChI=1S/C17H15N5O4S/c23-16(18-6-7-21-11-14(10-19-21)22(25)26)12-3-1-4-13(9-12)20-17(24)15-5-2-8-27-15/h1-5,8-11H,6-7H2,(H,18,23)(H,20,24). The Kier molecular flexibility index (Phi) is 5.57. The van der Waals surface area contributed by atoms with Crippen LogP contribution in [0.5, 0.6) is 0 Å². The number of thiophene rings is 1. The molecule has 2 heterocycles. The second-order valence-electron chi connectivity index (χ2n) is 5.49. The summed E-state index contributed by atoms with van der Waals surface area (Å²) in [4.78, 5) is 35.0. The number of carbonyl (C=O) groups is 2. The van der Waals surface area contributed by atoms with Crippen molar-refractivity contribution < 1.29 is 14.5 Å². The van der Waals surface area contributed by atoms with E-state index in [0.29, 0.717) is 22.7 Å². The van der Waals surface area contributed by atoms with Gasteiger partial charge in [-0.3, -0.25) is 24.4 Å². The predicted octanol–water partition coefficient (Wildman–Crippen LogP) is 2.54. The summed E-state index contributed by atoms with van der Waals surface area (Å²) in [5.74, 6) is -0.549. The largest absolute Gasteiger partial charge is 0.350 e. The maximum atomic E-state index is 12.3. The first kappa shape index (κ1) is 18.3. The van der Waals surface area contributed by atoms with Gasteiger partial charge in [0.2, 0.25) is 0 Å². The summed E-state index contributed by atoms with van der Waals surface area (Å²) in [5.41, 5.74) is 0.810. The molecule has 9 nitrogen and oxygen atoms in total. The minimum atomic E-state index is -0.530. The molecule has 2 amide bonds. The smallest absolute Gasteiger partial charge is 0.306 e. The lowest BCUT2D eigenvalue weighted by Crippen LogP contribution is -2.27. The van der Waals surface area contributed by atoms with E-state index in [9.17, 15) is 19.7 Å². The zero-order valence-corrected chi connectivity index (χ0v) is 14.8. The van der Waals surface area contributed by atoms with Gasteiger partial charge in [0.15, 0.2) is 0 Å². The Morgan fingerprint density at radius 2 is 2.07 bits per heavy atom. The number of amides is 2. The lowest BCUT2D eigenvalue weighted by atomic mass is 10.2. The Morgan fingerprint density at radius 3 is 2.78 bits per heavy atom. The zero-order chi connectivity index (χ0) is 19.2. The van der Waals surface area contributed by atoms with Crippen molar-refractivity contribution in [3.8, 4) is 0 Å². The lowest BCUT2D eigenvalue weighted by molar-refractivity contribution is -0.385. The summed E-state index contributed by atoms with van der Waals surface area (Å²) in [6, 6.07) is 10.1. The second kappa shape index (κ2) is 8.23. The molecule has 2 N–H and O–H groups in total. The summed E-state index contributed by atoms with van der Waals surface area (Å²) >= 11 is 1.33. The minimum Gasteiger partial charge on any atom is -0.350 e. The first-order valence-corrected chi connectivity index (χ1v) is 8.81. The molecule has 0 fully saturated rings. The molecule has 0 atom stereocenters. The van der Waals surface area contributed by atoms with Crippen molar-refractivity contribution in [3.05, 3.63) is 74.7 Å². The molecule has 0 saturated carbocycles. The van der Waals surface area contributed by atoms with E-state index in [0.717, 1.165) is 6.20 Å². The normalized spacial score (nSPS) is 10.4. The summed E-state index contributed by atoms with van der Waals surface area (Å²) in [5, 5.41) is 21.7. The molecule has 10 heteroatoms. The number of benzene rings is 1. The number of hydrogen-bond donors (Lipinski definition) is 2. The van der Waals surface area contributed by atoms with Crippen molar-refractivity contribution in [1.82, 2.24) is 15.1 Å². The fraction of sp³-hybridized carbons (Fsp3) is 0.118. The van der Waals surface area contributed by atoms with Gasteiger partial charge in [-0.25, -0.2) is 0 Å². The first-order valence-electron chi connectivity index (χ1n) is 7.93. The molecular weight excluding hydrogens is 370 g/mol. The van der Waals surface area contributed by atoms with E-state index in [1.165, 1.54) is 22.2 Å². The van der Waals surface area contributed by atoms with Gasteiger partial charge in [0.05, 0.1) is 16.3 Å². The monoisotopic (exact) mass is 385 g/mol. The minimum absolute atomic E-state index is 0.101. The number of nitro groups is 1. The highest BCUT2D eigenvalue weighted by atomic mass is 32.1. The summed E-state index contributed by atoms with van der Waals surface area (Å²) in [7, 11) is 0.